The zero-order valence-corrected chi connectivity index (χ0v) is 16.6. The van der Waals surface area contributed by atoms with Crippen LogP contribution in [-0.4, -0.2) is 58.6 Å². The van der Waals surface area contributed by atoms with E-state index in [2.05, 4.69) is 27.1 Å². The second kappa shape index (κ2) is 7.73. The first-order chi connectivity index (χ1) is 13.9. The van der Waals surface area contributed by atoms with Gasteiger partial charge in [-0.05, 0) is 19.2 Å². The van der Waals surface area contributed by atoms with E-state index in [4.69, 9.17) is 11.6 Å². The van der Waals surface area contributed by atoms with E-state index in [0.29, 0.717) is 16.4 Å². The highest BCUT2D eigenvalue weighted by molar-refractivity contribution is 5.94. The Hall–Kier alpha value is -3.10. The number of anilines is 3. The molecular weight excluding hydrogens is 394 g/mol. The first kappa shape index (κ1) is 19.2. The predicted octanol–water partition coefficient (Wildman–Crippen LogP) is 1.58. The summed E-state index contributed by atoms with van der Waals surface area (Å²) in [5, 5.41) is 13.1. The SMILES string of the molecule is CN1CCN(c2ccn3c(=O)c(C(=O)O)c(Nc4cccc([ClH+])c4)nc3c2)CC1. The first-order valence-corrected chi connectivity index (χ1v) is 9.60. The Morgan fingerprint density at radius 1 is 1.17 bits per heavy atom. The second-order valence-corrected chi connectivity index (χ2v) is 7.47. The fourth-order valence-electron chi connectivity index (χ4n) is 3.38. The summed E-state index contributed by atoms with van der Waals surface area (Å²) in [5.74, 6) is -1.34. The van der Waals surface area contributed by atoms with Crippen molar-refractivity contribution in [2.45, 2.75) is 0 Å². The number of halogens is 1. The lowest BCUT2D eigenvalue weighted by molar-refractivity contribution is -0.288. The molecular formula is C20H21ClN5O3+. The first-order valence-electron chi connectivity index (χ1n) is 9.20. The largest absolute Gasteiger partial charge is 0.477 e. The van der Waals surface area contributed by atoms with Crippen LogP contribution in [0.3, 0.4) is 0 Å². The Labute approximate surface area is 172 Å². The molecule has 1 aliphatic heterocycles. The van der Waals surface area contributed by atoms with Gasteiger partial charge in [0, 0.05) is 61.9 Å². The number of rotatable bonds is 4. The number of carboxylic acid groups (broad SMARTS) is 1. The minimum absolute atomic E-state index is 0.00127. The molecule has 2 N–H and O–H groups in total. The number of hydrogen-bond acceptors (Lipinski definition) is 6. The standard InChI is InChI=1S/C20H20ClN5O3/c1-24-7-9-25(10-8-24)15-5-6-26-16(12-15)23-18(17(19(26)27)20(28)29)22-14-4-2-3-13(21)11-14/h2-6,11-12,21H,7-10H2,1H3,(H-,22,27,28,29)/p+1. The number of nitrogens with one attached hydrogen (secondary N) is 1. The number of piperazine rings is 1. The van der Waals surface area contributed by atoms with Gasteiger partial charge in [0.2, 0.25) is 5.02 Å². The van der Waals surface area contributed by atoms with Crippen molar-refractivity contribution in [1.29, 1.82) is 0 Å². The zero-order chi connectivity index (χ0) is 20.5. The summed E-state index contributed by atoms with van der Waals surface area (Å²) in [6, 6.07) is 10.6. The van der Waals surface area contributed by atoms with E-state index >= 15 is 0 Å². The van der Waals surface area contributed by atoms with Gasteiger partial charge in [0.25, 0.3) is 5.56 Å². The van der Waals surface area contributed by atoms with Crippen LogP contribution in [0.5, 0.6) is 0 Å². The van der Waals surface area contributed by atoms with Gasteiger partial charge < -0.3 is 20.2 Å². The van der Waals surface area contributed by atoms with Crippen LogP contribution in [0.1, 0.15) is 10.4 Å². The van der Waals surface area contributed by atoms with Crippen LogP contribution >= 0.6 is 0 Å². The van der Waals surface area contributed by atoms with E-state index in [1.165, 1.54) is 4.40 Å². The van der Waals surface area contributed by atoms with Crippen molar-refractivity contribution in [2.75, 3.05) is 43.4 Å². The fourth-order valence-corrected chi connectivity index (χ4v) is 3.59. The minimum atomic E-state index is -1.34. The lowest BCUT2D eigenvalue weighted by Gasteiger charge is -2.34. The highest BCUT2D eigenvalue weighted by atomic mass is 35.5. The summed E-state index contributed by atoms with van der Waals surface area (Å²) in [6.45, 7) is 3.66. The summed E-state index contributed by atoms with van der Waals surface area (Å²) in [7, 11) is 2.09. The third-order valence-corrected chi connectivity index (χ3v) is 5.25. The molecule has 0 unspecified atom stereocenters. The van der Waals surface area contributed by atoms with Crippen molar-refractivity contribution in [1.82, 2.24) is 14.3 Å². The molecule has 0 aliphatic carbocycles. The van der Waals surface area contributed by atoms with Crippen molar-refractivity contribution in [3.8, 4) is 0 Å². The number of hydrogen-bond donors (Lipinski definition) is 2. The van der Waals surface area contributed by atoms with E-state index in [0.717, 1.165) is 31.9 Å². The van der Waals surface area contributed by atoms with Crippen molar-refractivity contribution < 1.29 is 21.5 Å². The highest BCUT2D eigenvalue weighted by Gasteiger charge is 2.21. The van der Waals surface area contributed by atoms with Crippen LogP contribution in [-0.2, 0) is 0 Å². The number of nitrogens with zero attached hydrogens (tertiary/aromatic N) is 4. The molecule has 0 bridgehead atoms. The Morgan fingerprint density at radius 2 is 1.93 bits per heavy atom. The summed E-state index contributed by atoms with van der Waals surface area (Å²) in [5.41, 5.74) is 0.862. The van der Waals surface area contributed by atoms with E-state index in [-0.39, 0.29) is 5.82 Å². The van der Waals surface area contributed by atoms with Crippen LogP contribution in [0.4, 0.5) is 17.2 Å². The van der Waals surface area contributed by atoms with Gasteiger partial charge in [0.15, 0.2) is 23.0 Å². The molecule has 1 aromatic carbocycles. The van der Waals surface area contributed by atoms with Crippen molar-refractivity contribution in [3.05, 3.63) is 63.5 Å². The fraction of sp³-hybridized carbons (Fsp3) is 0.250. The number of aromatic carboxylic acids is 1. The number of carbonyl (C=O) groups is 1. The summed E-state index contributed by atoms with van der Waals surface area (Å²) < 4.78 is 1.26. The van der Waals surface area contributed by atoms with E-state index in [9.17, 15) is 14.7 Å². The molecule has 1 fully saturated rings. The Morgan fingerprint density at radius 3 is 2.62 bits per heavy atom. The summed E-state index contributed by atoms with van der Waals surface area (Å²) in [4.78, 5) is 33.5. The Bertz CT molecular complexity index is 1140. The molecule has 1 aliphatic rings. The number of fused-ring (bicyclic) bond motifs is 1. The average molecular weight is 415 g/mol. The molecule has 9 heteroatoms. The lowest BCUT2D eigenvalue weighted by atomic mass is 10.2. The summed E-state index contributed by atoms with van der Waals surface area (Å²) in [6.07, 6.45) is 1.58. The molecule has 1 saturated heterocycles. The molecule has 8 nitrogen and oxygen atoms in total. The number of aromatic nitrogens is 2. The third-order valence-electron chi connectivity index (χ3n) is 4.99. The monoisotopic (exact) mass is 414 g/mol. The van der Waals surface area contributed by atoms with Gasteiger partial charge in [0.1, 0.15) is 5.65 Å². The number of carboxylic acids is 1. The van der Waals surface area contributed by atoms with Crippen LogP contribution in [0.15, 0.2) is 47.4 Å². The second-order valence-electron chi connectivity index (χ2n) is 7.00. The van der Waals surface area contributed by atoms with Crippen molar-refractivity contribution in [2.24, 2.45) is 0 Å². The van der Waals surface area contributed by atoms with Crippen LogP contribution < -0.4 is 15.8 Å². The number of pyridine rings is 1. The minimum Gasteiger partial charge on any atom is -0.477 e. The Kier molecular flexibility index (Phi) is 5.12. The predicted molar refractivity (Wildman–Crippen MR) is 108 cm³/mol. The van der Waals surface area contributed by atoms with E-state index in [1.54, 1.807) is 30.5 Å². The molecule has 0 saturated carbocycles. The quantitative estimate of drug-likeness (QED) is 0.669. The van der Waals surface area contributed by atoms with Gasteiger partial charge in [-0.15, -0.1) is 0 Å². The highest BCUT2D eigenvalue weighted by Crippen LogP contribution is 2.22. The third kappa shape index (κ3) is 3.90. The van der Waals surface area contributed by atoms with Gasteiger partial charge in [-0.3, -0.25) is 9.20 Å². The number of benzene rings is 1. The topological polar surface area (TPSA) is 90.2 Å². The molecule has 3 aromatic rings. The average Bonchev–Trinajstić information content (AvgIpc) is 2.68. The van der Waals surface area contributed by atoms with Gasteiger partial charge in [-0.2, -0.15) is 0 Å². The normalized spacial score (nSPS) is 14.9. The van der Waals surface area contributed by atoms with Gasteiger partial charge in [-0.1, -0.05) is 6.07 Å². The summed E-state index contributed by atoms with van der Waals surface area (Å²) >= 11 is 5.15. The molecule has 2 aromatic heterocycles. The lowest BCUT2D eigenvalue weighted by Crippen LogP contribution is -2.44. The molecule has 0 radical (unpaired) electrons. The van der Waals surface area contributed by atoms with Gasteiger partial charge in [0.05, 0.1) is 0 Å². The molecule has 150 valence electrons. The van der Waals surface area contributed by atoms with Crippen molar-refractivity contribution >= 4 is 28.8 Å². The van der Waals surface area contributed by atoms with E-state index in [1.807, 2.05) is 12.1 Å². The maximum atomic E-state index is 12.8. The van der Waals surface area contributed by atoms with Crippen molar-refractivity contribution in [3.63, 3.8) is 0 Å². The smallest absolute Gasteiger partial charge is 0.345 e. The maximum absolute atomic E-state index is 12.8. The van der Waals surface area contributed by atoms with Gasteiger partial charge in [-0.25, -0.2) is 9.78 Å². The molecule has 0 atom stereocenters. The molecule has 3 heterocycles. The molecule has 29 heavy (non-hydrogen) atoms. The van der Waals surface area contributed by atoms with Crippen LogP contribution in [0.2, 0.25) is 5.02 Å². The zero-order valence-electron chi connectivity index (χ0n) is 15.8. The Balaban J connectivity index is 1.79. The van der Waals surface area contributed by atoms with Gasteiger partial charge >= 0.3 is 5.97 Å². The van der Waals surface area contributed by atoms with Crippen LogP contribution in [0, 0.1) is 11.6 Å². The molecule has 4 rings (SSSR count). The van der Waals surface area contributed by atoms with Crippen LogP contribution in [0.25, 0.3) is 5.65 Å². The van der Waals surface area contributed by atoms with E-state index < -0.39 is 17.1 Å². The number of likely N-dealkylation sites (N-methyl/N-ethyl adjacent to an activating group) is 1. The molecule has 0 spiro atoms. The molecule has 0 amide bonds. The maximum Gasteiger partial charge on any atom is 0.345 e.